The highest BCUT2D eigenvalue weighted by Gasteiger charge is 2.38. The molecule has 376 valence electrons. The lowest BCUT2D eigenvalue weighted by atomic mass is 10.3. The molecule has 0 bridgehead atoms. The summed E-state index contributed by atoms with van der Waals surface area (Å²) >= 11 is 5.62. The summed E-state index contributed by atoms with van der Waals surface area (Å²) in [7, 11) is -12.7. The fraction of sp³-hybridized carbons (Fsp3) is 0.304. The number of benzene rings is 4. The molecule has 6 aromatic rings. The predicted molar refractivity (Wildman–Crippen MR) is 258 cm³/mol. The van der Waals surface area contributed by atoms with Crippen molar-refractivity contribution in [3.05, 3.63) is 121 Å². The van der Waals surface area contributed by atoms with E-state index in [2.05, 4.69) is 149 Å². The maximum absolute atomic E-state index is 10.7. The first-order valence-electron chi connectivity index (χ1n) is 20.9. The number of ether oxygens (including phenoxy) is 4. The van der Waals surface area contributed by atoms with Crippen LogP contribution >= 0.6 is 34.4 Å². The van der Waals surface area contributed by atoms with Gasteiger partial charge in [-0.15, -0.1) is 0 Å². The van der Waals surface area contributed by atoms with Crippen LogP contribution in [-0.2, 0) is 42.0 Å². The first kappa shape index (κ1) is 57.5. The van der Waals surface area contributed by atoms with Crippen molar-refractivity contribution < 1.29 is 71.2 Å². The standard InChI is InChI=1S/C44H48O4S5.2CHF3O3S/c1-5-29-45-33-9-17-37(18-10-33)52(38-19-11-34(12-20-38)46-30-6-2)43-27-25-41(50-43)49-42-26-28-44(51-42)53(39-21-13-35(14-22-39)47-31-7-3)40-23-15-36(16-24-40)48-32-8-4;2*2-1(3,4)8(5,6)7/h9-28H,5-8,29-32H2,1-4H3;2*(H,5,6,7)/q+2;;/p-2. The average molecular weight is 1100 g/mol. The summed E-state index contributed by atoms with van der Waals surface area (Å²) < 4.78 is 147. The molecule has 23 heteroatoms. The molecule has 6 rings (SSSR count). The number of hydrogen-bond donors (Lipinski definition) is 0. The second kappa shape index (κ2) is 26.9. The van der Waals surface area contributed by atoms with Gasteiger partial charge in [0.2, 0.25) is 8.42 Å². The Hall–Kier alpha value is -4.07. The Balaban J connectivity index is 0.000000555. The van der Waals surface area contributed by atoms with Crippen molar-refractivity contribution in [3.63, 3.8) is 0 Å². The summed E-state index contributed by atoms with van der Waals surface area (Å²) in [6.07, 6.45) is 3.96. The second-order valence-corrected chi connectivity index (χ2v) is 25.0. The average Bonchev–Trinajstić information content (AvgIpc) is 3.97. The fourth-order valence-corrected chi connectivity index (χ4v) is 14.5. The third kappa shape index (κ3) is 18.2. The van der Waals surface area contributed by atoms with E-state index in [1.165, 1.54) is 36.4 Å². The Labute approximate surface area is 416 Å². The van der Waals surface area contributed by atoms with Crippen LogP contribution < -0.4 is 18.9 Å². The van der Waals surface area contributed by atoms with Crippen LogP contribution in [-0.4, -0.2) is 63.4 Å². The minimum Gasteiger partial charge on any atom is -0.741 e. The van der Waals surface area contributed by atoms with Crippen molar-refractivity contribution >= 4 is 76.5 Å². The van der Waals surface area contributed by atoms with Crippen molar-refractivity contribution in [2.45, 2.75) is 101 Å². The van der Waals surface area contributed by atoms with Crippen LogP contribution in [0.4, 0.5) is 26.3 Å². The van der Waals surface area contributed by atoms with Gasteiger partial charge in [-0.2, -0.15) is 26.3 Å². The van der Waals surface area contributed by atoms with E-state index in [1.54, 1.807) is 0 Å². The number of alkyl halides is 6. The Morgan fingerprint density at radius 1 is 0.435 bits per heavy atom. The molecule has 0 atom stereocenters. The summed E-state index contributed by atoms with van der Waals surface area (Å²) in [5.74, 6) is 3.66. The van der Waals surface area contributed by atoms with Gasteiger partial charge in [0.05, 0.1) is 34.8 Å². The zero-order valence-electron chi connectivity index (χ0n) is 37.4. The molecule has 0 fully saturated rings. The third-order valence-electron chi connectivity index (χ3n) is 8.41. The van der Waals surface area contributed by atoms with E-state index in [9.17, 15) is 26.3 Å². The summed E-state index contributed by atoms with van der Waals surface area (Å²) in [5, 5.41) is 0. The summed E-state index contributed by atoms with van der Waals surface area (Å²) in [6.45, 7) is 11.4. The number of hydrogen-bond acceptors (Lipinski definition) is 13. The number of thiophene rings is 2. The minimum atomic E-state index is -6.09. The largest absolute Gasteiger partial charge is 0.741 e. The zero-order chi connectivity index (χ0) is 50.8. The zero-order valence-corrected chi connectivity index (χ0v) is 43.1. The van der Waals surface area contributed by atoms with Crippen molar-refractivity contribution in [2.24, 2.45) is 0 Å². The highest BCUT2D eigenvalue weighted by molar-refractivity contribution is 8.04. The van der Waals surface area contributed by atoms with Gasteiger partial charge in [-0.1, -0.05) is 62.1 Å². The smallest absolute Gasteiger partial charge is 0.485 e. The lowest BCUT2D eigenvalue weighted by Crippen LogP contribution is -2.21. The Morgan fingerprint density at radius 3 is 0.841 bits per heavy atom. The third-order valence-corrected chi connectivity index (χ3v) is 18.1. The van der Waals surface area contributed by atoms with Crippen molar-refractivity contribution in [1.29, 1.82) is 0 Å². The lowest BCUT2D eigenvalue weighted by molar-refractivity contribution is -0.0522. The summed E-state index contributed by atoms with van der Waals surface area (Å²) in [4.78, 5) is 5.09. The topological polar surface area (TPSA) is 151 Å². The molecular formula is C46H48F6O10S7. The highest BCUT2D eigenvalue weighted by atomic mass is 32.2. The molecule has 0 spiro atoms. The van der Waals surface area contributed by atoms with Gasteiger partial charge < -0.3 is 28.1 Å². The minimum absolute atomic E-state index is 0.262. The molecule has 2 heterocycles. The first-order chi connectivity index (χ1) is 32.6. The summed E-state index contributed by atoms with van der Waals surface area (Å²) in [5.41, 5.74) is -11.3. The predicted octanol–water partition coefficient (Wildman–Crippen LogP) is 13.4. The normalized spacial score (nSPS) is 11.9. The van der Waals surface area contributed by atoms with Crippen LogP contribution in [0.15, 0.2) is 158 Å². The SMILES string of the molecule is CCCOc1ccc([S+](c2ccc(OCCC)cc2)c2ccc(Sc3ccc([S+](c4ccc(OCCC)cc4)c4ccc(OCCC)cc4)s3)s2)cc1.O=S(=O)([O-])C(F)(F)F.O=S(=O)([O-])C(F)(F)F. The van der Waals surface area contributed by atoms with E-state index in [-0.39, 0.29) is 21.8 Å². The molecule has 0 unspecified atom stereocenters. The van der Waals surface area contributed by atoms with Crippen LogP contribution in [0.3, 0.4) is 0 Å². The number of halogens is 6. The highest BCUT2D eigenvalue weighted by Crippen LogP contribution is 2.45. The van der Waals surface area contributed by atoms with E-state index < -0.39 is 31.3 Å². The van der Waals surface area contributed by atoms with Crippen molar-refractivity contribution in [1.82, 2.24) is 0 Å². The van der Waals surface area contributed by atoms with E-state index in [0.717, 1.165) is 75.1 Å². The Kier molecular flexibility index (Phi) is 22.5. The van der Waals surface area contributed by atoms with Gasteiger partial charge in [-0.05, 0) is 135 Å². The first-order valence-corrected chi connectivity index (χ1v) is 28.6. The van der Waals surface area contributed by atoms with E-state index in [4.69, 9.17) is 44.9 Å². The molecule has 69 heavy (non-hydrogen) atoms. The molecule has 0 saturated carbocycles. The van der Waals surface area contributed by atoms with Gasteiger partial charge in [0.1, 0.15) is 44.8 Å². The molecule has 0 N–H and O–H groups in total. The summed E-state index contributed by atoms with van der Waals surface area (Å²) in [6, 6.07) is 43.8. The van der Waals surface area contributed by atoms with E-state index in [1.807, 2.05) is 34.4 Å². The Morgan fingerprint density at radius 2 is 0.652 bits per heavy atom. The number of rotatable bonds is 20. The van der Waals surface area contributed by atoms with Crippen LogP contribution in [0.1, 0.15) is 53.4 Å². The monoisotopic (exact) mass is 1100 g/mol. The molecule has 2 aromatic heterocycles. The molecule has 0 aliphatic rings. The van der Waals surface area contributed by atoms with Gasteiger partial charge in [-0.3, -0.25) is 0 Å². The molecular weight excluding hydrogens is 1050 g/mol. The molecule has 0 aliphatic heterocycles. The van der Waals surface area contributed by atoms with E-state index >= 15 is 0 Å². The maximum atomic E-state index is 10.7. The van der Waals surface area contributed by atoms with Gasteiger partial charge in [0.25, 0.3) is 0 Å². The molecule has 0 radical (unpaired) electrons. The van der Waals surface area contributed by atoms with E-state index in [0.29, 0.717) is 0 Å². The van der Waals surface area contributed by atoms with Crippen LogP contribution in [0.25, 0.3) is 0 Å². The van der Waals surface area contributed by atoms with Gasteiger partial charge >= 0.3 is 11.0 Å². The molecule has 0 saturated heterocycles. The van der Waals surface area contributed by atoms with Gasteiger partial charge in [-0.25, -0.2) is 16.8 Å². The second-order valence-electron chi connectivity index (χ2n) is 13.9. The van der Waals surface area contributed by atoms with Crippen molar-refractivity contribution in [3.8, 4) is 23.0 Å². The van der Waals surface area contributed by atoms with Gasteiger partial charge in [0, 0.05) is 12.1 Å². The molecule has 4 aromatic carbocycles. The fourth-order valence-electron chi connectivity index (χ4n) is 5.34. The van der Waals surface area contributed by atoms with Gasteiger partial charge in [0.15, 0.2) is 39.8 Å². The molecule has 0 amide bonds. The molecule has 0 aliphatic carbocycles. The molecule has 10 nitrogen and oxygen atoms in total. The lowest BCUT2D eigenvalue weighted by Gasteiger charge is -2.09. The van der Waals surface area contributed by atoms with Crippen LogP contribution in [0.2, 0.25) is 0 Å². The van der Waals surface area contributed by atoms with Crippen LogP contribution in [0, 0.1) is 0 Å². The quantitative estimate of drug-likeness (QED) is 0.0311. The van der Waals surface area contributed by atoms with Crippen LogP contribution in [0.5, 0.6) is 23.0 Å². The van der Waals surface area contributed by atoms with Crippen molar-refractivity contribution in [2.75, 3.05) is 26.4 Å². The Bertz CT molecular complexity index is 2390. The maximum Gasteiger partial charge on any atom is 0.485 e.